The van der Waals surface area contributed by atoms with Crippen LogP contribution in [0.1, 0.15) is 44.0 Å². The molecule has 0 aliphatic heterocycles. The first kappa shape index (κ1) is 24.2. The number of hydrogen-bond acceptors (Lipinski definition) is 5. The fraction of sp³-hybridized carbons (Fsp3) is 0.348. The Morgan fingerprint density at radius 3 is 2.61 bits per heavy atom. The molecule has 3 rings (SSSR count). The molecule has 2 aromatic rings. The van der Waals surface area contributed by atoms with E-state index in [1.807, 2.05) is 0 Å². The highest BCUT2D eigenvalue weighted by molar-refractivity contribution is 5.99. The van der Waals surface area contributed by atoms with Gasteiger partial charge < -0.3 is 9.26 Å². The van der Waals surface area contributed by atoms with E-state index in [1.165, 1.54) is 18.2 Å². The number of ether oxygens (including phenoxy) is 1. The van der Waals surface area contributed by atoms with Gasteiger partial charge in [-0.1, -0.05) is 23.4 Å². The highest BCUT2D eigenvalue weighted by Gasteiger charge is 2.50. The van der Waals surface area contributed by atoms with Crippen LogP contribution < -0.4 is 5.32 Å². The molecule has 0 saturated carbocycles. The fourth-order valence-corrected chi connectivity index (χ4v) is 3.11. The van der Waals surface area contributed by atoms with Crippen LogP contribution in [0.15, 0.2) is 46.7 Å². The standard InChI is InChI=1S/C23H22F4N2O4/c1-4-32-18-11-15(30)7-8-16(18)13-5-6-14(17(24)9-13)10-20(31)28-21-12-19(29-33-21)22(2,3)23(25,26)27/h5-6,8-9,11-12H,4,7,10H2,1-3H3,(H,28,31). The number of alkyl halides is 3. The van der Waals surface area contributed by atoms with E-state index in [9.17, 15) is 27.2 Å². The second-order valence-corrected chi connectivity index (χ2v) is 7.96. The van der Waals surface area contributed by atoms with E-state index < -0.39 is 29.0 Å². The van der Waals surface area contributed by atoms with E-state index in [0.717, 1.165) is 19.9 Å². The molecule has 0 atom stereocenters. The number of carbonyl (C=O) groups is 2. The Kier molecular flexibility index (Phi) is 6.76. The molecule has 0 radical (unpaired) electrons. The van der Waals surface area contributed by atoms with Gasteiger partial charge in [0.05, 0.1) is 13.0 Å². The van der Waals surface area contributed by atoms with Crippen molar-refractivity contribution in [2.24, 2.45) is 0 Å². The summed E-state index contributed by atoms with van der Waals surface area (Å²) in [4.78, 5) is 23.9. The van der Waals surface area contributed by atoms with Gasteiger partial charge in [0.25, 0.3) is 0 Å². The molecule has 1 aromatic heterocycles. The van der Waals surface area contributed by atoms with Gasteiger partial charge in [0.1, 0.15) is 22.7 Å². The average molecular weight is 466 g/mol. The lowest BCUT2D eigenvalue weighted by Crippen LogP contribution is -2.36. The zero-order valence-electron chi connectivity index (χ0n) is 18.2. The van der Waals surface area contributed by atoms with Crippen LogP contribution in [0.4, 0.5) is 23.4 Å². The molecule has 1 amide bonds. The topological polar surface area (TPSA) is 81.4 Å². The number of amides is 1. The van der Waals surface area contributed by atoms with Crippen molar-refractivity contribution in [1.82, 2.24) is 5.16 Å². The lowest BCUT2D eigenvalue weighted by atomic mass is 9.89. The Labute approximate surface area is 187 Å². The smallest absolute Gasteiger partial charge is 0.399 e. The number of rotatable bonds is 7. The Hall–Kier alpha value is -3.43. The van der Waals surface area contributed by atoms with Gasteiger partial charge in [-0.3, -0.25) is 14.9 Å². The van der Waals surface area contributed by atoms with Gasteiger partial charge in [0.15, 0.2) is 5.78 Å². The minimum Gasteiger partial charge on any atom is -0.493 e. The van der Waals surface area contributed by atoms with Crippen molar-refractivity contribution < 1.29 is 36.4 Å². The van der Waals surface area contributed by atoms with Gasteiger partial charge in [-0.25, -0.2) is 4.39 Å². The summed E-state index contributed by atoms with van der Waals surface area (Å²) in [6, 6.07) is 5.24. The number of carbonyl (C=O) groups excluding carboxylic acids is 2. The van der Waals surface area contributed by atoms with Crippen LogP contribution in [0, 0.1) is 5.82 Å². The van der Waals surface area contributed by atoms with Crippen LogP contribution in [-0.4, -0.2) is 29.6 Å². The second-order valence-electron chi connectivity index (χ2n) is 7.96. The molecule has 0 bridgehead atoms. The van der Waals surface area contributed by atoms with Crippen LogP contribution in [-0.2, 0) is 26.2 Å². The van der Waals surface area contributed by atoms with Crippen LogP contribution in [0.2, 0.25) is 0 Å². The van der Waals surface area contributed by atoms with Gasteiger partial charge in [-0.2, -0.15) is 13.2 Å². The van der Waals surface area contributed by atoms with E-state index >= 15 is 0 Å². The predicted molar refractivity (Wildman–Crippen MR) is 112 cm³/mol. The van der Waals surface area contributed by atoms with Gasteiger partial charge in [0, 0.05) is 24.1 Å². The lowest BCUT2D eigenvalue weighted by Gasteiger charge is -2.24. The lowest BCUT2D eigenvalue weighted by molar-refractivity contribution is -0.181. The summed E-state index contributed by atoms with van der Waals surface area (Å²) in [7, 11) is 0. The molecule has 0 spiro atoms. The summed E-state index contributed by atoms with van der Waals surface area (Å²) in [5.74, 6) is -1.39. The zero-order chi connectivity index (χ0) is 24.4. The van der Waals surface area contributed by atoms with Crippen molar-refractivity contribution in [3.63, 3.8) is 0 Å². The molecule has 1 aliphatic rings. The minimum absolute atomic E-state index is 0.0704. The van der Waals surface area contributed by atoms with Gasteiger partial charge in [-0.15, -0.1) is 0 Å². The number of aromatic nitrogens is 1. The second kappa shape index (κ2) is 9.21. The third-order valence-corrected chi connectivity index (χ3v) is 5.20. The molecule has 1 N–H and O–H groups in total. The SMILES string of the molecule is CCOC1=CC(=O)CC=C1c1ccc(CC(=O)Nc2cc(C(C)(C)C(F)(F)F)no2)c(F)c1. The predicted octanol–water partition coefficient (Wildman–Crippen LogP) is 5.11. The van der Waals surface area contributed by atoms with Crippen molar-refractivity contribution in [3.05, 3.63) is 64.8 Å². The first-order chi connectivity index (χ1) is 15.4. The summed E-state index contributed by atoms with van der Waals surface area (Å²) in [5.41, 5.74) is -1.53. The highest BCUT2D eigenvalue weighted by Crippen LogP contribution is 2.40. The molecule has 0 fully saturated rings. The molecule has 1 aromatic carbocycles. The molecule has 1 aliphatic carbocycles. The van der Waals surface area contributed by atoms with Gasteiger partial charge >= 0.3 is 6.18 Å². The largest absolute Gasteiger partial charge is 0.493 e. The number of halogens is 4. The van der Waals surface area contributed by atoms with Crippen LogP contribution in [0.25, 0.3) is 5.57 Å². The fourth-order valence-electron chi connectivity index (χ4n) is 3.11. The number of nitrogens with zero attached hydrogens (tertiary/aromatic N) is 1. The quantitative estimate of drug-likeness (QED) is 0.574. The first-order valence-corrected chi connectivity index (χ1v) is 10.1. The zero-order valence-corrected chi connectivity index (χ0v) is 18.2. The summed E-state index contributed by atoms with van der Waals surface area (Å²) in [6.07, 6.45) is -1.75. The highest BCUT2D eigenvalue weighted by atomic mass is 19.4. The van der Waals surface area contributed by atoms with E-state index in [-0.39, 0.29) is 30.1 Å². The van der Waals surface area contributed by atoms with Crippen molar-refractivity contribution in [2.45, 2.75) is 45.2 Å². The Morgan fingerprint density at radius 2 is 1.97 bits per heavy atom. The Bertz CT molecular complexity index is 1130. The number of ketones is 1. The van der Waals surface area contributed by atoms with Gasteiger partial charge in [-0.05, 0) is 38.0 Å². The number of anilines is 1. The molecule has 33 heavy (non-hydrogen) atoms. The van der Waals surface area contributed by atoms with Crippen molar-refractivity contribution in [3.8, 4) is 0 Å². The van der Waals surface area contributed by atoms with Crippen LogP contribution in [0.5, 0.6) is 0 Å². The molecule has 0 unspecified atom stereocenters. The van der Waals surface area contributed by atoms with Crippen molar-refractivity contribution >= 4 is 23.1 Å². The van der Waals surface area contributed by atoms with E-state index in [1.54, 1.807) is 19.1 Å². The first-order valence-electron chi connectivity index (χ1n) is 10.1. The third-order valence-electron chi connectivity index (χ3n) is 5.20. The third kappa shape index (κ3) is 5.32. The Balaban J connectivity index is 1.71. The normalized spacial score (nSPS) is 14.6. The molecule has 6 nitrogen and oxygen atoms in total. The van der Waals surface area contributed by atoms with E-state index in [2.05, 4.69) is 10.5 Å². The van der Waals surface area contributed by atoms with E-state index in [0.29, 0.717) is 23.5 Å². The number of hydrogen-bond donors (Lipinski definition) is 1. The molecule has 1 heterocycles. The summed E-state index contributed by atoms with van der Waals surface area (Å²) in [6.45, 7) is 3.98. The maximum absolute atomic E-state index is 14.7. The molecule has 0 saturated heterocycles. The Morgan fingerprint density at radius 1 is 1.24 bits per heavy atom. The minimum atomic E-state index is -4.56. The number of allylic oxidation sites excluding steroid dienone is 3. The molecule has 10 heteroatoms. The average Bonchev–Trinajstić information content (AvgIpc) is 3.18. The molecular formula is C23H22F4N2O4. The van der Waals surface area contributed by atoms with Crippen molar-refractivity contribution in [1.29, 1.82) is 0 Å². The molecule has 176 valence electrons. The van der Waals surface area contributed by atoms with Gasteiger partial charge in [0.2, 0.25) is 11.8 Å². The monoisotopic (exact) mass is 466 g/mol. The maximum Gasteiger partial charge on any atom is 0.399 e. The van der Waals surface area contributed by atoms with E-state index in [4.69, 9.17) is 9.26 Å². The van der Waals surface area contributed by atoms with Crippen molar-refractivity contribution in [2.75, 3.05) is 11.9 Å². The summed E-state index contributed by atoms with van der Waals surface area (Å²) >= 11 is 0. The number of benzene rings is 1. The van der Waals surface area contributed by atoms with Crippen LogP contribution in [0.3, 0.4) is 0 Å². The molecular weight excluding hydrogens is 444 g/mol. The summed E-state index contributed by atoms with van der Waals surface area (Å²) < 4.78 is 64.4. The summed E-state index contributed by atoms with van der Waals surface area (Å²) in [5, 5.41) is 5.68. The maximum atomic E-state index is 14.7. The van der Waals surface area contributed by atoms with Crippen LogP contribution >= 0.6 is 0 Å². The number of nitrogens with one attached hydrogen (secondary N) is 1.